The van der Waals surface area contributed by atoms with E-state index in [-0.39, 0.29) is 11.4 Å². The number of rotatable bonds is 6. The Balaban J connectivity index is 1.84. The number of nitro groups is 1. The van der Waals surface area contributed by atoms with Crippen LogP contribution in [0.2, 0.25) is 0 Å². The van der Waals surface area contributed by atoms with Gasteiger partial charge in [-0.15, -0.1) is 0 Å². The average molecular weight is 311 g/mol. The Kier molecular flexibility index (Phi) is 5.45. The predicted octanol–water partition coefficient (Wildman–Crippen LogP) is 0.0888. The van der Waals surface area contributed by atoms with Crippen LogP contribution in [0.3, 0.4) is 0 Å². The maximum atomic E-state index is 12.1. The normalized spacial score (nSPS) is 15.7. The van der Waals surface area contributed by atoms with Crippen LogP contribution in [0, 0.1) is 17.0 Å². The first-order chi connectivity index (χ1) is 10.5. The zero-order valence-corrected chi connectivity index (χ0v) is 12.9. The molecule has 2 heterocycles. The summed E-state index contributed by atoms with van der Waals surface area (Å²) in [6, 6.07) is 0. The number of ether oxygens (including phenoxy) is 1. The molecule has 0 atom stereocenters. The quantitative estimate of drug-likeness (QED) is 0.454. The molecular formula is C13H21N5O4. The van der Waals surface area contributed by atoms with Crippen LogP contribution in [0.25, 0.3) is 0 Å². The molecule has 0 aromatic carbocycles. The lowest BCUT2D eigenvalue weighted by Gasteiger charge is -2.26. The third-order valence-corrected chi connectivity index (χ3v) is 3.74. The molecule has 1 amide bonds. The lowest BCUT2D eigenvalue weighted by molar-refractivity contribution is -0.385. The van der Waals surface area contributed by atoms with Crippen molar-refractivity contribution in [1.29, 1.82) is 0 Å². The van der Waals surface area contributed by atoms with Gasteiger partial charge in [0.25, 0.3) is 5.91 Å². The van der Waals surface area contributed by atoms with Crippen molar-refractivity contribution < 1.29 is 14.5 Å². The molecule has 1 aliphatic heterocycles. The highest BCUT2D eigenvalue weighted by atomic mass is 16.6. The van der Waals surface area contributed by atoms with Gasteiger partial charge in [0.05, 0.1) is 18.1 Å². The summed E-state index contributed by atoms with van der Waals surface area (Å²) in [5.74, 6) is -0.502. The Hall–Kier alpha value is -2.00. The van der Waals surface area contributed by atoms with Crippen LogP contribution < -0.4 is 5.32 Å². The van der Waals surface area contributed by atoms with Crippen molar-refractivity contribution in [3.05, 3.63) is 21.5 Å². The smallest absolute Gasteiger partial charge is 0.322 e. The minimum Gasteiger partial charge on any atom is -0.379 e. The number of aryl methyl sites for hydroxylation is 1. The molecule has 1 saturated heterocycles. The summed E-state index contributed by atoms with van der Waals surface area (Å²) in [4.78, 5) is 24.8. The van der Waals surface area contributed by atoms with Crippen LogP contribution in [0.15, 0.2) is 0 Å². The van der Waals surface area contributed by atoms with Crippen LogP contribution in [0.1, 0.15) is 22.6 Å². The van der Waals surface area contributed by atoms with E-state index in [9.17, 15) is 14.9 Å². The maximum absolute atomic E-state index is 12.1. The highest BCUT2D eigenvalue weighted by Crippen LogP contribution is 2.21. The average Bonchev–Trinajstić information content (AvgIpc) is 2.80. The topological polar surface area (TPSA) is 103 Å². The molecule has 9 nitrogen and oxygen atoms in total. The van der Waals surface area contributed by atoms with Crippen molar-refractivity contribution in [2.75, 3.05) is 39.4 Å². The zero-order chi connectivity index (χ0) is 16.1. The van der Waals surface area contributed by atoms with E-state index in [1.165, 1.54) is 4.68 Å². The fraction of sp³-hybridized carbons (Fsp3) is 0.692. The highest BCUT2D eigenvalue weighted by Gasteiger charge is 2.28. The molecule has 2 rings (SSSR count). The molecule has 0 aliphatic carbocycles. The van der Waals surface area contributed by atoms with Crippen molar-refractivity contribution in [3.8, 4) is 0 Å². The van der Waals surface area contributed by atoms with Crippen LogP contribution in [-0.2, 0) is 11.8 Å². The van der Waals surface area contributed by atoms with Crippen molar-refractivity contribution in [1.82, 2.24) is 20.0 Å². The number of aromatic nitrogens is 2. The van der Waals surface area contributed by atoms with Crippen LogP contribution in [0.4, 0.5) is 5.69 Å². The van der Waals surface area contributed by atoms with Crippen LogP contribution >= 0.6 is 0 Å². The Bertz CT molecular complexity index is 551. The van der Waals surface area contributed by atoms with Crippen molar-refractivity contribution in [2.45, 2.75) is 13.3 Å². The van der Waals surface area contributed by atoms with Gasteiger partial charge in [0.1, 0.15) is 5.69 Å². The van der Waals surface area contributed by atoms with E-state index in [0.29, 0.717) is 12.2 Å². The van der Waals surface area contributed by atoms with Gasteiger partial charge in [-0.25, -0.2) is 0 Å². The summed E-state index contributed by atoms with van der Waals surface area (Å²) < 4.78 is 6.61. The van der Waals surface area contributed by atoms with E-state index >= 15 is 0 Å². The van der Waals surface area contributed by atoms with Crippen LogP contribution in [0.5, 0.6) is 0 Å². The predicted molar refractivity (Wildman–Crippen MR) is 78.8 cm³/mol. The van der Waals surface area contributed by atoms with E-state index in [1.54, 1.807) is 14.0 Å². The fourth-order valence-electron chi connectivity index (χ4n) is 2.38. The van der Waals surface area contributed by atoms with E-state index in [0.717, 1.165) is 39.3 Å². The third-order valence-electron chi connectivity index (χ3n) is 3.74. The Labute approximate surface area is 128 Å². The van der Waals surface area contributed by atoms with Gasteiger partial charge >= 0.3 is 5.69 Å². The number of morpholine rings is 1. The molecule has 22 heavy (non-hydrogen) atoms. The number of amides is 1. The number of carbonyl (C=O) groups is 1. The Morgan fingerprint density at radius 1 is 1.45 bits per heavy atom. The number of nitrogens with zero attached hydrogens (tertiary/aromatic N) is 4. The number of hydrogen-bond donors (Lipinski definition) is 1. The lowest BCUT2D eigenvalue weighted by atomic mass is 10.3. The fourth-order valence-corrected chi connectivity index (χ4v) is 2.38. The van der Waals surface area contributed by atoms with Gasteiger partial charge < -0.3 is 10.1 Å². The van der Waals surface area contributed by atoms with Gasteiger partial charge in [-0.3, -0.25) is 24.5 Å². The minimum absolute atomic E-state index is 0.128. The molecule has 0 bridgehead atoms. The molecule has 0 radical (unpaired) electrons. The molecule has 1 aromatic rings. The largest absolute Gasteiger partial charge is 0.379 e. The second-order valence-corrected chi connectivity index (χ2v) is 5.23. The zero-order valence-electron chi connectivity index (χ0n) is 12.9. The molecular weight excluding hydrogens is 290 g/mol. The van der Waals surface area contributed by atoms with Crippen molar-refractivity contribution in [3.63, 3.8) is 0 Å². The van der Waals surface area contributed by atoms with Gasteiger partial charge in [-0.05, 0) is 19.9 Å². The molecule has 0 saturated carbocycles. The summed E-state index contributed by atoms with van der Waals surface area (Å²) in [6.07, 6.45) is 0.783. The number of hydrogen-bond acceptors (Lipinski definition) is 6. The Morgan fingerprint density at radius 2 is 2.14 bits per heavy atom. The lowest BCUT2D eigenvalue weighted by Crippen LogP contribution is -2.38. The van der Waals surface area contributed by atoms with Crippen molar-refractivity contribution in [2.24, 2.45) is 7.05 Å². The van der Waals surface area contributed by atoms with Gasteiger partial charge in [0, 0.05) is 26.7 Å². The van der Waals surface area contributed by atoms with Crippen molar-refractivity contribution >= 4 is 11.6 Å². The molecule has 0 spiro atoms. The summed E-state index contributed by atoms with van der Waals surface area (Å²) in [6.45, 7) is 6.19. The van der Waals surface area contributed by atoms with E-state index in [1.807, 2.05) is 0 Å². The first-order valence-corrected chi connectivity index (χ1v) is 7.27. The standard InChI is InChI=1S/C13H21N5O4/c1-10-12(18(20)21)11(15-16(10)2)13(19)14-4-3-5-17-6-8-22-9-7-17/h3-9H2,1-2H3,(H,14,19). The van der Waals surface area contributed by atoms with Gasteiger partial charge in [-0.1, -0.05) is 0 Å². The molecule has 1 N–H and O–H groups in total. The molecule has 1 aliphatic rings. The van der Waals surface area contributed by atoms with Gasteiger partial charge in [-0.2, -0.15) is 5.10 Å². The highest BCUT2D eigenvalue weighted by molar-refractivity contribution is 5.96. The summed E-state index contributed by atoms with van der Waals surface area (Å²) >= 11 is 0. The van der Waals surface area contributed by atoms with Crippen LogP contribution in [-0.4, -0.2) is 64.9 Å². The first kappa shape index (κ1) is 16.4. The monoisotopic (exact) mass is 311 g/mol. The van der Waals surface area contributed by atoms with Gasteiger partial charge in [0.15, 0.2) is 0 Å². The minimum atomic E-state index is -0.565. The SMILES string of the molecule is Cc1c([N+](=O)[O-])c(C(=O)NCCCN2CCOCC2)nn1C. The summed E-state index contributed by atoms with van der Waals surface area (Å²) in [5.41, 5.74) is 0.00742. The second kappa shape index (κ2) is 7.32. The third kappa shape index (κ3) is 3.80. The molecule has 1 aromatic heterocycles. The molecule has 122 valence electrons. The Morgan fingerprint density at radius 3 is 2.77 bits per heavy atom. The number of carbonyl (C=O) groups excluding carboxylic acids is 1. The molecule has 1 fully saturated rings. The van der Waals surface area contributed by atoms with E-state index in [2.05, 4.69) is 15.3 Å². The second-order valence-electron chi connectivity index (χ2n) is 5.23. The van der Waals surface area contributed by atoms with Gasteiger partial charge in [0.2, 0.25) is 5.69 Å². The van der Waals surface area contributed by atoms with E-state index in [4.69, 9.17) is 4.74 Å². The molecule has 0 unspecified atom stereocenters. The molecule has 9 heteroatoms. The maximum Gasteiger partial charge on any atom is 0.322 e. The summed E-state index contributed by atoms with van der Waals surface area (Å²) in [7, 11) is 1.58. The van der Waals surface area contributed by atoms with E-state index < -0.39 is 10.8 Å². The first-order valence-electron chi connectivity index (χ1n) is 7.27. The number of nitrogens with one attached hydrogen (secondary N) is 1. The summed E-state index contributed by atoms with van der Waals surface area (Å²) in [5, 5.41) is 17.7.